The molecule has 2 atom stereocenters. The molecule has 2 aliphatic rings. The standard InChI is InChI=1S/C39H47N5O7/c1-25(2)22-33(35(47)41-32(23-34(45)46)28-14-18-30(51-4)19-15-28)44-36(48)39(20-8-5-9-21-39)43(38(44)50)24-27-12-16-29(17-13-27)40-37(49)42-31-11-7-6-10-26(31)3/h6-7,10-19,25,32-33H,5,8-9,20-24H2,1-4H3,(H,41,47)(H,45,46)(H2,40,42,49)/t32?,33-/m0/s1. The van der Waals surface area contributed by atoms with Gasteiger partial charge in [-0.2, -0.15) is 0 Å². The molecule has 51 heavy (non-hydrogen) atoms. The highest BCUT2D eigenvalue weighted by Crippen LogP contribution is 2.43. The van der Waals surface area contributed by atoms with Gasteiger partial charge in [0, 0.05) is 17.9 Å². The molecular formula is C39H47N5O7. The molecule has 1 saturated carbocycles. The van der Waals surface area contributed by atoms with E-state index in [1.807, 2.05) is 57.2 Å². The summed E-state index contributed by atoms with van der Waals surface area (Å²) in [5.41, 5.74) is 2.43. The Hall–Kier alpha value is -5.39. The molecule has 2 fully saturated rings. The van der Waals surface area contributed by atoms with E-state index in [9.17, 15) is 29.1 Å². The number of urea groups is 2. The maximum Gasteiger partial charge on any atom is 0.328 e. The lowest BCUT2D eigenvalue weighted by Gasteiger charge is -2.38. The number of hydrogen-bond donors (Lipinski definition) is 4. The fourth-order valence-electron chi connectivity index (χ4n) is 7.03. The average molecular weight is 698 g/mol. The summed E-state index contributed by atoms with van der Waals surface area (Å²) in [6, 6.07) is 18.4. The van der Waals surface area contributed by atoms with Crippen molar-refractivity contribution in [2.45, 2.75) is 89.9 Å². The van der Waals surface area contributed by atoms with Gasteiger partial charge in [-0.3, -0.25) is 14.4 Å². The molecule has 5 rings (SSSR count). The average Bonchev–Trinajstić information content (AvgIpc) is 3.29. The summed E-state index contributed by atoms with van der Waals surface area (Å²) < 4.78 is 5.23. The maximum absolute atomic E-state index is 14.5. The first-order valence-electron chi connectivity index (χ1n) is 17.5. The van der Waals surface area contributed by atoms with E-state index in [4.69, 9.17) is 4.74 Å². The van der Waals surface area contributed by atoms with E-state index in [0.29, 0.717) is 35.5 Å². The molecule has 1 heterocycles. The van der Waals surface area contributed by atoms with E-state index < -0.39 is 41.4 Å². The number of anilines is 2. The summed E-state index contributed by atoms with van der Waals surface area (Å²) in [5.74, 6) is -1.56. The van der Waals surface area contributed by atoms with Gasteiger partial charge in [0.15, 0.2) is 0 Å². The van der Waals surface area contributed by atoms with E-state index in [-0.39, 0.29) is 31.3 Å². The zero-order valence-corrected chi connectivity index (χ0v) is 29.6. The van der Waals surface area contributed by atoms with Gasteiger partial charge in [-0.1, -0.05) is 75.6 Å². The number of imide groups is 1. The Balaban J connectivity index is 1.37. The first kappa shape index (κ1) is 36.9. The van der Waals surface area contributed by atoms with Crippen LogP contribution in [0.15, 0.2) is 72.8 Å². The van der Waals surface area contributed by atoms with Crippen LogP contribution in [0.5, 0.6) is 5.75 Å². The number of carboxylic acid groups (broad SMARTS) is 1. The van der Waals surface area contributed by atoms with Crippen LogP contribution in [0.2, 0.25) is 0 Å². The Morgan fingerprint density at radius 2 is 1.57 bits per heavy atom. The second kappa shape index (κ2) is 16.1. The summed E-state index contributed by atoms with van der Waals surface area (Å²) in [4.78, 5) is 70.3. The van der Waals surface area contributed by atoms with Crippen LogP contribution in [0.4, 0.5) is 21.0 Å². The predicted molar refractivity (Wildman–Crippen MR) is 193 cm³/mol. The second-order valence-electron chi connectivity index (χ2n) is 13.8. The Kier molecular flexibility index (Phi) is 11.6. The number of benzene rings is 3. The van der Waals surface area contributed by atoms with Crippen LogP contribution >= 0.6 is 0 Å². The van der Waals surface area contributed by atoms with E-state index >= 15 is 0 Å². The number of aliphatic carboxylic acids is 1. The molecule has 1 saturated heterocycles. The van der Waals surface area contributed by atoms with Gasteiger partial charge in [-0.25, -0.2) is 14.5 Å². The van der Waals surface area contributed by atoms with Gasteiger partial charge in [0.1, 0.15) is 17.3 Å². The number of carbonyl (C=O) groups excluding carboxylic acids is 4. The van der Waals surface area contributed by atoms with Crippen molar-refractivity contribution in [2.75, 3.05) is 17.7 Å². The number of carboxylic acids is 1. The van der Waals surface area contributed by atoms with E-state index in [0.717, 1.165) is 35.3 Å². The minimum atomic E-state index is -1.14. The highest BCUT2D eigenvalue weighted by Gasteiger charge is 2.59. The van der Waals surface area contributed by atoms with Crippen LogP contribution in [0.25, 0.3) is 0 Å². The van der Waals surface area contributed by atoms with Crippen LogP contribution in [0.3, 0.4) is 0 Å². The van der Waals surface area contributed by atoms with Crippen molar-refractivity contribution in [1.29, 1.82) is 0 Å². The molecule has 3 aromatic carbocycles. The van der Waals surface area contributed by atoms with Gasteiger partial charge in [0.05, 0.1) is 19.6 Å². The highest BCUT2D eigenvalue weighted by atomic mass is 16.5. The van der Waals surface area contributed by atoms with Crippen molar-refractivity contribution >= 4 is 41.2 Å². The summed E-state index contributed by atoms with van der Waals surface area (Å²) >= 11 is 0. The Morgan fingerprint density at radius 1 is 0.902 bits per heavy atom. The van der Waals surface area contributed by atoms with E-state index in [2.05, 4.69) is 16.0 Å². The molecule has 0 radical (unpaired) electrons. The third-order valence-corrected chi connectivity index (χ3v) is 9.72. The van der Waals surface area contributed by atoms with Gasteiger partial charge in [0.25, 0.3) is 5.91 Å². The SMILES string of the molecule is COc1ccc(C(CC(=O)O)NC(=O)[C@H](CC(C)C)N2C(=O)N(Cc3ccc(NC(=O)Nc4ccccc4C)cc3)C3(CCCCC3)C2=O)cc1. The zero-order chi connectivity index (χ0) is 36.7. The number of ether oxygens (including phenoxy) is 1. The van der Waals surface area contributed by atoms with Crippen LogP contribution in [-0.2, 0) is 20.9 Å². The summed E-state index contributed by atoms with van der Waals surface area (Å²) in [7, 11) is 1.52. The number of hydrogen-bond acceptors (Lipinski definition) is 6. The van der Waals surface area contributed by atoms with Gasteiger partial charge in [-0.15, -0.1) is 0 Å². The number of carbonyl (C=O) groups is 5. The molecule has 4 N–H and O–H groups in total. The molecule has 12 heteroatoms. The Labute approximate surface area is 298 Å². The molecule has 1 aliphatic heterocycles. The molecule has 0 bridgehead atoms. The van der Waals surface area contributed by atoms with Crippen LogP contribution in [-0.4, -0.2) is 63.4 Å². The number of aryl methyl sites for hydroxylation is 1. The van der Waals surface area contributed by atoms with Crippen LogP contribution in [0, 0.1) is 12.8 Å². The first-order chi connectivity index (χ1) is 24.4. The molecule has 1 unspecified atom stereocenters. The van der Waals surface area contributed by atoms with Gasteiger partial charge < -0.3 is 30.7 Å². The molecule has 270 valence electrons. The fourth-order valence-corrected chi connectivity index (χ4v) is 7.03. The van der Waals surface area contributed by atoms with Crippen LogP contribution < -0.4 is 20.7 Å². The first-order valence-corrected chi connectivity index (χ1v) is 17.5. The summed E-state index contributed by atoms with van der Waals surface area (Å²) in [6.07, 6.45) is 3.26. The smallest absolute Gasteiger partial charge is 0.328 e. The second-order valence-corrected chi connectivity index (χ2v) is 13.8. The van der Waals surface area contributed by atoms with E-state index in [1.165, 1.54) is 7.11 Å². The highest BCUT2D eigenvalue weighted by molar-refractivity contribution is 6.10. The molecular weight excluding hydrogens is 650 g/mol. The molecule has 1 spiro atoms. The normalized spacial score (nSPS) is 16.6. The monoisotopic (exact) mass is 697 g/mol. The fraction of sp³-hybridized carbons (Fsp3) is 0.410. The van der Waals surface area contributed by atoms with Crippen molar-refractivity contribution in [2.24, 2.45) is 5.92 Å². The number of nitrogens with one attached hydrogen (secondary N) is 3. The molecule has 1 aliphatic carbocycles. The predicted octanol–water partition coefficient (Wildman–Crippen LogP) is 6.86. The summed E-state index contributed by atoms with van der Waals surface area (Å²) in [5, 5.41) is 18.2. The van der Waals surface area contributed by atoms with Gasteiger partial charge in [-0.05, 0) is 79.1 Å². The van der Waals surface area contributed by atoms with Crippen molar-refractivity contribution in [3.05, 3.63) is 89.5 Å². The van der Waals surface area contributed by atoms with E-state index in [1.54, 1.807) is 41.3 Å². The van der Waals surface area contributed by atoms with Gasteiger partial charge >= 0.3 is 18.0 Å². The van der Waals surface area contributed by atoms with Gasteiger partial charge in [0.2, 0.25) is 5.91 Å². The molecule has 3 aromatic rings. The minimum absolute atomic E-state index is 0.0559. The van der Waals surface area contributed by atoms with Crippen LogP contribution in [0.1, 0.15) is 81.5 Å². The lowest BCUT2D eigenvalue weighted by atomic mass is 9.80. The molecule has 0 aromatic heterocycles. The van der Waals surface area contributed by atoms with Crippen molar-refractivity contribution < 1.29 is 33.8 Å². The number of para-hydroxylation sites is 1. The largest absolute Gasteiger partial charge is 0.497 e. The maximum atomic E-state index is 14.5. The van der Waals surface area contributed by atoms with Crippen molar-refractivity contribution in [1.82, 2.24) is 15.1 Å². The van der Waals surface area contributed by atoms with Crippen molar-refractivity contribution in [3.8, 4) is 5.75 Å². The third-order valence-electron chi connectivity index (χ3n) is 9.72. The third kappa shape index (κ3) is 8.50. The summed E-state index contributed by atoms with van der Waals surface area (Å²) in [6.45, 7) is 5.87. The molecule has 6 amide bonds. The Morgan fingerprint density at radius 3 is 2.18 bits per heavy atom. The minimum Gasteiger partial charge on any atom is -0.497 e. The number of rotatable bonds is 13. The Bertz CT molecular complexity index is 1740. The topological polar surface area (TPSA) is 157 Å². The lowest BCUT2D eigenvalue weighted by Crippen LogP contribution is -2.53. The molecule has 12 nitrogen and oxygen atoms in total. The van der Waals surface area contributed by atoms with Crippen molar-refractivity contribution in [3.63, 3.8) is 0 Å². The quantitative estimate of drug-likeness (QED) is 0.142. The number of nitrogens with zero attached hydrogens (tertiary/aromatic N) is 2. The zero-order valence-electron chi connectivity index (χ0n) is 29.6. The number of amides is 6. The lowest BCUT2D eigenvalue weighted by molar-refractivity contribution is -0.142. The number of methoxy groups -OCH3 is 1.